The molecule has 13 heteroatoms. The van der Waals surface area contributed by atoms with Gasteiger partial charge in [-0.25, -0.2) is 8.42 Å². The second-order valence-electron chi connectivity index (χ2n) is 9.03. The zero-order valence-electron chi connectivity index (χ0n) is 20.8. The lowest BCUT2D eigenvalue weighted by Gasteiger charge is -2.26. The van der Waals surface area contributed by atoms with Crippen molar-refractivity contribution in [1.29, 1.82) is 0 Å². The van der Waals surface area contributed by atoms with E-state index in [-0.39, 0.29) is 60.1 Å². The van der Waals surface area contributed by atoms with E-state index in [0.717, 1.165) is 18.9 Å². The number of carbonyl (C=O) groups is 1. The van der Waals surface area contributed by atoms with Crippen molar-refractivity contribution in [2.75, 3.05) is 39.4 Å². The molecule has 2 aromatic carbocycles. The first kappa shape index (κ1) is 25.8. The zero-order valence-corrected chi connectivity index (χ0v) is 21.6. The highest BCUT2D eigenvalue weighted by Crippen LogP contribution is 2.37. The molecule has 0 N–H and O–H groups in total. The summed E-state index contributed by atoms with van der Waals surface area (Å²) in [6.07, 6.45) is 1.83. The summed E-state index contributed by atoms with van der Waals surface area (Å²) in [6, 6.07) is 12.4. The van der Waals surface area contributed by atoms with Gasteiger partial charge in [-0.05, 0) is 38.0 Å². The predicted octanol–water partition coefficient (Wildman–Crippen LogP) is 3.14. The lowest BCUT2D eigenvalue weighted by molar-refractivity contribution is -0.385. The maximum Gasteiger partial charge on any atom is 0.274 e. The minimum atomic E-state index is -4.16. The molecule has 1 amide bonds. The van der Waals surface area contributed by atoms with E-state index < -0.39 is 14.9 Å². The molecule has 0 bridgehead atoms. The molecule has 0 spiro atoms. The molecule has 2 aliphatic heterocycles. The lowest BCUT2D eigenvalue weighted by Crippen LogP contribution is -2.40. The molecule has 5 rings (SSSR count). The van der Waals surface area contributed by atoms with E-state index in [9.17, 15) is 23.3 Å². The quantitative estimate of drug-likeness (QED) is 0.329. The van der Waals surface area contributed by atoms with Crippen molar-refractivity contribution in [2.24, 2.45) is 0 Å². The Labute approximate surface area is 219 Å². The molecule has 2 aliphatic rings. The Bertz CT molecular complexity index is 1460. The van der Waals surface area contributed by atoms with Gasteiger partial charge in [0.1, 0.15) is 10.6 Å². The highest BCUT2D eigenvalue weighted by Gasteiger charge is 2.33. The maximum atomic E-state index is 13.6. The summed E-state index contributed by atoms with van der Waals surface area (Å²) in [7, 11) is -4.16. The van der Waals surface area contributed by atoms with E-state index in [0.29, 0.717) is 24.3 Å². The zero-order chi connectivity index (χ0) is 26.9. The summed E-state index contributed by atoms with van der Waals surface area (Å²) in [4.78, 5) is 25.5. The van der Waals surface area contributed by atoms with Crippen molar-refractivity contribution in [1.82, 2.24) is 19.0 Å². The number of hydrogen-bond acceptors (Lipinski definition) is 8. The molecule has 1 aromatic heterocycles. The molecule has 0 atom stereocenters. The van der Waals surface area contributed by atoms with Crippen molar-refractivity contribution in [3.8, 4) is 17.3 Å². The van der Waals surface area contributed by atoms with Crippen molar-refractivity contribution in [3.63, 3.8) is 0 Å². The van der Waals surface area contributed by atoms with E-state index in [2.05, 4.69) is 5.10 Å². The van der Waals surface area contributed by atoms with Gasteiger partial charge in [-0.3, -0.25) is 14.9 Å². The second-order valence-corrected chi connectivity index (χ2v) is 10.9. The van der Waals surface area contributed by atoms with Crippen LogP contribution in [0.1, 0.15) is 28.9 Å². The largest absolute Gasteiger partial charge is 0.437 e. The molecule has 0 radical (unpaired) electrons. The molecule has 12 nitrogen and oxygen atoms in total. The van der Waals surface area contributed by atoms with E-state index >= 15 is 0 Å². The van der Waals surface area contributed by atoms with Crippen molar-refractivity contribution >= 4 is 21.6 Å². The monoisotopic (exact) mass is 541 g/mol. The first-order valence-corrected chi connectivity index (χ1v) is 13.7. The van der Waals surface area contributed by atoms with Crippen molar-refractivity contribution < 1.29 is 27.6 Å². The number of ether oxygens (including phenoxy) is 2. The van der Waals surface area contributed by atoms with Crippen LogP contribution in [0.2, 0.25) is 0 Å². The number of morpholine rings is 1. The molecule has 0 saturated carbocycles. The van der Waals surface area contributed by atoms with Crippen LogP contribution in [-0.4, -0.2) is 77.6 Å². The third kappa shape index (κ3) is 4.87. The molecule has 3 heterocycles. The number of nitro benzene ring substituents is 1. The van der Waals surface area contributed by atoms with E-state index in [1.54, 1.807) is 36.1 Å². The van der Waals surface area contributed by atoms with Crippen LogP contribution in [0.5, 0.6) is 11.6 Å². The number of rotatable bonds is 7. The topological polar surface area (TPSA) is 137 Å². The van der Waals surface area contributed by atoms with E-state index in [4.69, 9.17) is 9.47 Å². The Morgan fingerprint density at radius 1 is 1.05 bits per heavy atom. The Morgan fingerprint density at radius 3 is 2.39 bits per heavy atom. The molecule has 200 valence electrons. The first-order valence-electron chi connectivity index (χ1n) is 12.3. The summed E-state index contributed by atoms with van der Waals surface area (Å²) >= 11 is 0. The molecule has 3 aromatic rings. The van der Waals surface area contributed by atoms with Gasteiger partial charge in [0, 0.05) is 43.9 Å². The number of non-ortho nitro benzene ring substituents is 1. The van der Waals surface area contributed by atoms with Gasteiger partial charge in [-0.2, -0.15) is 14.1 Å². The summed E-state index contributed by atoms with van der Waals surface area (Å²) in [5.74, 6) is -0.196. The number of aromatic nitrogens is 2. The fourth-order valence-corrected chi connectivity index (χ4v) is 6.09. The molecule has 2 saturated heterocycles. The van der Waals surface area contributed by atoms with Gasteiger partial charge in [0.15, 0.2) is 5.69 Å². The van der Waals surface area contributed by atoms with Gasteiger partial charge in [-0.15, -0.1) is 0 Å². The van der Waals surface area contributed by atoms with Crippen LogP contribution < -0.4 is 4.74 Å². The van der Waals surface area contributed by atoms with Crippen molar-refractivity contribution in [3.05, 3.63) is 69.9 Å². The summed E-state index contributed by atoms with van der Waals surface area (Å²) < 4.78 is 41.3. The van der Waals surface area contributed by atoms with Gasteiger partial charge in [0.2, 0.25) is 15.9 Å². The molecular weight excluding hydrogens is 514 g/mol. The minimum absolute atomic E-state index is 0.109. The Morgan fingerprint density at radius 2 is 1.74 bits per heavy atom. The average molecular weight is 542 g/mol. The molecule has 2 fully saturated rings. The number of benzene rings is 2. The van der Waals surface area contributed by atoms with Gasteiger partial charge < -0.3 is 14.4 Å². The van der Waals surface area contributed by atoms with Gasteiger partial charge in [-0.1, -0.05) is 18.2 Å². The van der Waals surface area contributed by atoms with Crippen molar-refractivity contribution in [2.45, 2.75) is 24.7 Å². The van der Waals surface area contributed by atoms with Gasteiger partial charge >= 0.3 is 0 Å². The van der Waals surface area contributed by atoms with Crippen LogP contribution in [0.25, 0.3) is 5.69 Å². The third-order valence-electron chi connectivity index (χ3n) is 6.60. The first-order chi connectivity index (χ1) is 18.3. The third-order valence-corrected chi connectivity index (χ3v) is 8.52. The smallest absolute Gasteiger partial charge is 0.274 e. The molecule has 0 aliphatic carbocycles. The normalized spacial score (nSPS) is 16.5. The minimum Gasteiger partial charge on any atom is -0.437 e. The number of para-hydroxylation sites is 1. The molecular formula is C25H27N5O7S. The van der Waals surface area contributed by atoms with Crippen LogP contribution in [0.15, 0.2) is 53.4 Å². The van der Waals surface area contributed by atoms with E-state index in [1.165, 1.54) is 21.1 Å². The summed E-state index contributed by atoms with van der Waals surface area (Å²) in [5.41, 5.74) is 0.844. The van der Waals surface area contributed by atoms with E-state index in [1.807, 2.05) is 6.07 Å². The van der Waals surface area contributed by atoms with Crippen LogP contribution in [0.3, 0.4) is 0 Å². The fourth-order valence-electron chi connectivity index (χ4n) is 4.54. The summed E-state index contributed by atoms with van der Waals surface area (Å²) in [6.45, 7) is 3.61. The summed E-state index contributed by atoms with van der Waals surface area (Å²) in [5, 5.41) is 16.1. The molecule has 0 unspecified atom stereocenters. The highest BCUT2D eigenvalue weighted by molar-refractivity contribution is 7.89. The standard InChI is InChI=1S/C25H27N5O7S/c1-18-23(24(31)27-11-5-6-12-27)26-29(19-7-3-2-4-8-19)25(18)37-21-10-9-20(30(32)33)17-22(21)38(34,35)28-13-15-36-16-14-28/h2-4,7-10,17H,5-6,11-16H2,1H3. The number of hydrogen-bond donors (Lipinski definition) is 0. The Hall–Kier alpha value is -3.81. The lowest BCUT2D eigenvalue weighted by atomic mass is 10.2. The van der Waals surface area contributed by atoms with Crippen LogP contribution >= 0.6 is 0 Å². The van der Waals surface area contributed by atoms with Crippen LogP contribution in [-0.2, 0) is 14.8 Å². The Kier molecular flexibility index (Phi) is 7.15. The highest BCUT2D eigenvalue weighted by atomic mass is 32.2. The van der Waals surface area contributed by atoms with Gasteiger partial charge in [0.25, 0.3) is 11.6 Å². The number of carbonyl (C=O) groups excluding carboxylic acids is 1. The van der Waals surface area contributed by atoms with Gasteiger partial charge in [0.05, 0.1) is 23.8 Å². The predicted molar refractivity (Wildman–Crippen MR) is 136 cm³/mol. The van der Waals surface area contributed by atoms with Crippen LogP contribution in [0.4, 0.5) is 5.69 Å². The SMILES string of the molecule is Cc1c(C(=O)N2CCCC2)nn(-c2ccccc2)c1Oc1ccc([N+](=O)[O-])cc1S(=O)(=O)N1CCOCC1. The fraction of sp³-hybridized carbons (Fsp3) is 0.360. The maximum absolute atomic E-state index is 13.6. The molecule has 38 heavy (non-hydrogen) atoms. The number of nitrogens with zero attached hydrogens (tertiary/aromatic N) is 5. The number of likely N-dealkylation sites (tertiary alicyclic amines) is 1. The Balaban J connectivity index is 1.62. The number of amides is 1. The second kappa shape index (κ2) is 10.5. The number of nitro groups is 1. The van der Waals surface area contributed by atoms with Crippen LogP contribution in [0, 0.1) is 17.0 Å². The average Bonchev–Trinajstić information content (AvgIpc) is 3.58. The number of sulfonamides is 1.